The predicted molar refractivity (Wildman–Crippen MR) is 82.1 cm³/mol. The van der Waals surface area contributed by atoms with Gasteiger partial charge in [-0.1, -0.05) is 15.9 Å². The van der Waals surface area contributed by atoms with Gasteiger partial charge in [0, 0.05) is 22.2 Å². The summed E-state index contributed by atoms with van der Waals surface area (Å²) in [5, 5.41) is 13.5. The van der Waals surface area contributed by atoms with E-state index in [0.717, 1.165) is 4.47 Å². The van der Waals surface area contributed by atoms with Crippen LogP contribution >= 0.6 is 15.9 Å². The molecule has 1 aliphatic heterocycles. The number of benzene rings is 2. The van der Waals surface area contributed by atoms with Crippen molar-refractivity contribution in [2.75, 3.05) is 5.32 Å². The average Bonchev–Trinajstić information content (AvgIpc) is 2.77. The van der Waals surface area contributed by atoms with E-state index in [0.29, 0.717) is 16.9 Å². The van der Waals surface area contributed by atoms with Crippen LogP contribution in [-0.2, 0) is 4.79 Å². The third-order valence-corrected chi connectivity index (χ3v) is 3.53. The number of fused-ring (bicyclic) bond motifs is 1. The fourth-order valence-corrected chi connectivity index (χ4v) is 2.27. The van der Waals surface area contributed by atoms with Gasteiger partial charge in [0.15, 0.2) is 0 Å². The van der Waals surface area contributed by atoms with Crippen LogP contribution in [0, 0.1) is 10.1 Å². The Labute approximate surface area is 127 Å². The highest BCUT2D eigenvalue weighted by Crippen LogP contribution is 2.29. The molecule has 0 atom stereocenters. The van der Waals surface area contributed by atoms with Crippen molar-refractivity contribution in [3.8, 4) is 0 Å². The lowest BCUT2D eigenvalue weighted by Crippen LogP contribution is -2.13. The molecule has 1 heterocycles. The maximum absolute atomic E-state index is 12.0. The van der Waals surface area contributed by atoms with Crippen molar-refractivity contribution in [1.29, 1.82) is 0 Å². The molecule has 1 N–H and O–H groups in total. The fraction of sp³-hybridized carbons (Fsp3) is 0. The van der Waals surface area contributed by atoms with E-state index in [1.165, 1.54) is 18.2 Å². The highest BCUT2D eigenvalue weighted by molar-refractivity contribution is 9.10. The number of hydrogen-bond acceptors (Lipinski definition) is 4. The van der Waals surface area contributed by atoms with Gasteiger partial charge in [0.2, 0.25) is 0 Å². The van der Waals surface area contributed by atoms with Crippen LogP contribution in [0.5, 0.6) is 0 Å². The van der Waals surface area contributed by atoms with Gasteiger partial charge in [0.1, 0.15) is 5.71 Å². The van der Waals surface area contributed by atoms with E-state index in [9.17, 15) is 14.9 Å². The Morgan fingerprint density at radius 1 is 1.14 bits per heavy atom. The normalized spacial score (nSPS) is 14.9. The van der Waals surface area contributed by atoms with Crippen molar-refractivity contribution in [3.05, 3.63) is 62.6 Å². The molecule has 2 aromatic carbocycles. The number of rotatable bonds is 2. The molecule has 1 aliphatic rings. The Bertz CT molecular complexity index is 785. The van der Waals surface area contributed by atoms with Gasteiger partial charge in [-0.25, -0.2) is 4.99 Å². The van der Waals surface area contributed by atoms with E-state index >= 15 is 0 Å². The molecule has 0 bridgehead atoms. The first-order valence-electron chi connectivity index (χ1n) is 5.99. The third-order valence-electron chi connectivity index (χ3n) is 3.00. The topological polar surface area (TPSA) is 84.6 Å². The summed E-state index contributed by atoms with van der Waals surface area (Å²) in [5.74, 6) is -0.367. The lowest BCUT2D eigenvalue weighted by molar-refractivity contribution is -0.384. The van der Waals surface area contributed by atoms with E-state index in [1.807, 2.05) is 0 Å². The molecule has 0 saturated heterocycles. The summed E-state index contributed by atoms with van der Waals surface area (Å²) in [6.07, 6.45) is 0. The Balaban J connectivity index is 2.09. The second-order valence-electron chi connectivity index (χ2n) is 4.38. The van der Waals surface area contributed by atoms with Crippen LogP contribution in [0.3, 0.4) is 0 Å². The van der Waals surface area contributed by atoms with Gasteiger partial charge < -0.3 is 5.32 Å². The monoisotopic (exact) mass is 345 g/mol. The third kappa shape index (κ3) is 2.55. The van der Waals surface area contributed by atoms with Gasteiger partial charge in [-0.2, -0.15) is 0 Å². The maximum Gasteiger partial charge on any atom is 0.275 e. The summed E-state index contributed by atoms with van der Waals surface area (Å²) in [5.41, 5.74) is 1.67. The molecular weight excluding hydrogens is 338 g/mol. The number of carbonyl (C=O) groups excluding carboxylic acids is 1. The number of nitrogens with zero attached hydrogens (tertiary/aromatic N) is 2. The van der Waals surface area contributed by atoms with E-state index in [2.05, 4.69) is 26.2 Å². The minimum absolute atomic E-state index is 0.0752. The van der Waals surface area contributed by atoms with Crippen molar-refractivity contribution in [3.63, 3.8) is 0 Å². The number of amides is 1. The summed E-state index contributed by atoms with van der Waals surface area (Å²) in [6, 6.07) is 11.3. The number of non-ortho nitro benzene ring substituents is 1. The number of aliphatic imine (C=N–C) groups is 1. The zero-order valence-corrected chi connectivity index (χ0v) is 12.1. The van der Waals surface area contributed by atoms with Crippen molar-refractivity contribution in [2.45, 2.75) is 0 Å². The van der Waals surface area contributed by atoms with Gasteiger partial charge in [0.25, 0.3) is 11.6 Å². The molecule has 0 fully saturated rings. The van der Waals surface area contributed by atoms with Crippen LogP contribution in [-0.4, -0.2) is 16.5 Å². The summed E-state index contributed by atoms with van der Waals surface area (Å²) in [4.78, 5) is 26.6. The quantitative estimate of drug-likeness (QED) is 0.668. The largest absolute Gasteiger partial charge is 0.320 e. The van der Waals surface area contributed by atoms with Crippen LogP contribution in [0.4, 0.5) is 17.1 Å². The van der Waals surface area contributed by atoms with Crippen molar-refractivity contribution in [2.24, 2.45) is 4.99 Å². The molecule has 0 aromatic heterocycles. The summed E-state index contributed by atoms with van der Waals surface area (Å²) in [7, 11) is 0. The first-order valence-corrected chi connectivity index (χ1v) is 6.78. The van der Waals surface area contributed by atoms with Crippen molar-refractivity contribution >= 4 is 44.6 Å². The molecule has 1 amide bonds. The summed E-state index contributed by atoms with van der Waals surface area (Å²) in [6.45, 7) is 0. The van der Waals surface area contributed by atoms with Crippen LogP contribution in [0.15, 0.2) is 51.9 Å². The van der Waals surface area contributed by atoms with E-state index in [-0.39, 0.29) is 17.3 Å². The predicted octanol–water partition coefficient (Wildman–Crippen LogP) is 3.43. The highest BCUT2D eigenvalue weighted by atomic mass is 79.9. The number of nitro benzene ring substituents is 1. The molecule has 2 aromatic rings. The van der Waals surface area contributed by atoms with Crippen LogP contribution in [0.2, 0.25) is 0 Å². The SMILES string of the molecule is O=C1Nc2ccc([N+](=O)[O-])cc2C1=Nc1ccc(Br)cc1. The Kier molecular flexibility index (Phi) is 3.26. The first kappa shape index (κ1) is 13.4. The molecule has 0 spiro atoms. The van der Waals surface area contributed by atoms with Gasteiger partial charge >= 0.3 is 0 Å². The number of nitro groups is 1. The first-order chi connectivity index (χ1) is 10.0. The average molecular weight is 346 g/mol. The molecule has 21 heavy (non-hydrogen) atoms. The molecular formula is C14H8BrN3O3. The molecule has 0 saturated carbocycles. The zero-order chi connectivity index (χ0) is 15.0. The van der Waals surface area contributed by atoms with E-state index in [1.54, 1.807) is 24.3 Å². The number of anilines is 1. The van der Waals surface area contributed by atoms with Crippen molar-refractivity contribution in [1.82, 2.24) is 0 Å². The molecule has 3 rings (SSSR count). The Hall–Kier alpha value is -2.54. The molecule has 7 heteroatoms. The van der Waals surface area contributed by atoms with Gasteiger partial charge in [0.05, 0.1) is 16.3 Å². The number of nitrogens with one attached hydrogen (secondary N) is 1. The van der Waals surface area contributed by atoms with Crippen LogP contribution in [0.1, 0.15) is 5.56 Å². The minimum Gasteiger partial charge on any atom is -0.320 e. The Morgan fingerprint density at radius 2 is 1.86 bits per heavy atom. The molecule has 0 radical (unpaired) electrons. The molecule has 104 valence electrons. The van der Waals surface area contributed by atoms with Gasteiger partial charge in [-0.3, -0.25) is 14.9 Å². The lowest BCUT2D eigenvalue weighted by Gasteiger charge is -1.99. The van der Waals surface area contributed by atoms with E-state index in [4.69, 9.17) is 0 Å². The Morgan fingerprint density at radius 3 is 2.52 bits per heavy atom. The number of carbonyl (C=O) groups is 1. The summed E-state index contributed by atoms with van der Waals surface area (Å²) >= 11 is 3.32. The number of hydrogen-bond donors (Lipinski definition) is 1. The summed E-state index contributed by atoms with van der Waals surface area (Å²) < 4.78 is 0.901. The van der Waals surface area contributed by atoms with Crippen LogP contribution < -0.4 is 5.32 Å². The molecule has 0 unspecified atom stereocenters. The lowest BCUT2D eigenvalue weighted by atomic mass is 10.1. The zero-order valence-electron chi connectivity index (χ0n) is 10.5. The second kappa shape index (κ2) is 5.10. The molecule has 0 aliphatic carbocycles. The maximum atomic E-state index is 12.0. The number of halogens is 1. The second-order valence-corrected chi connectivity index (χ2v) is 5.29. The van der Waals surface area contributed by atoms with Gasteiger partial charge in [-0.15, -0.1) is 0 Å². The van der Waals surface area contributed by atoms with Crippen molar-refractivity contribution < 1.29 is 9.72 Å². The smallest absolute Gasteiger partial charge is 0.275 e. The van der Waals surface area contributed by atoms with Crippen LogP contribution in [0.25, 0.3) is 0 Å². The van der Waals surface area contributed by atoms with Gasteiger partial charge in [-0.05, 0) is 30.3 Å². The minimum atomic E-state index is -0.500. The highest BCUT2D eigenvalue weighted by Gasteiger charge is 2.28. The van der Waals surface area contributed by atoms with E-state index < -0.39 is 4.92 Å². The molecule has 6 nitrogen and oxygen atoms in total. The standard InChI is InChI=1S/C14H8BrN3O3/c15-8-1-3-9(4-2-8)16-13-11-7-10(18(20)21)5-6-12(11)17-14(13)19/h1-7H,(H,16,17,19). The fourth-order valence-electron chi connectivity index (χ4n) is 2.01.